The van der Waals surface area contributed by atoms with Gasteiger partial charge in [0.05, 0.1) is 25.5 Å². The normalized spacial score (nSPS) is 22.6. The first-order chi connectivity index (χ1) is 10.2. The van der Waals surface area contributed by atoms with Crippen LogP contribution in [0.15, 0.2) is 18.2 Å². The molecule has 0 radical (unpaired) electrons. The lowest BCUT2D eigenvalue weighted by molar-refractivity contribution is -0.0472. The minimum absolute atomic E-state index is 0.213. The van der Waals surface area contributed by atoms with E-state index in [1.807, 2.05) is 0 Å². The summed E-state index contributed by atoms with van der Waals surface area (Å²) in [6.45, 7) is 2.73. The maximum Gasteiger partial charge on any atom is 0.413 e. The Morgan fingerprint density at radius 2 is 2.14 bits per heavy atom. The van der Waals surface area contributed by atoms with Crippen molar-refractivity contribution in [2.24, 2.45) is 5.92 Å². The lowest BCUT2D eigenvalue weighted by Crippen LogP contribution is -2.35. The highest BCUT2D eigenvalue weighted by molar-refractivity contribution is 5.84. The first kappa shape index (κ1) is 14.2. The number of amides is 1. The van der Waals surface area contributed by atoms with Gasteiger partial charge in [-0.05, 0) is 18.6 Å². The topological polar surface area (TPSA) is 81.1 Å². The van der Waals surface area contributed by atoms with Gasteiger partial charge >= 0.3 is 6.09 Å². The molecule has 1 aromatic heterocycles. The Bertz CT molecular complexity index is 498. The Balaban J connectivity index is 1.77. The summed E-state index contributed by atoms with van der Waals surface area (Å²) in [5.74, 6) is 0.608. The summed E-state index contributed by atoms with van der Waals surface area (Å²) in [6.07, 6.45) is -0.645. The Kier molecular flexibility index (Phi) is 4.33. The zero-order valence-corrected chi connectivity index (χ0v) is 11.6. The average molecular weight is 294 g/mol. The third kappa shape index (κ3) is 3.31. The molecule has 1 atom stereocenters. The van der Waals surface area contributed by atoms with Gasteiger partial charge < -0.3 is 19.3 Å². The van der Waals surface area contributed by atoms with Crippen molar-refractivity contribution in [1.82, 2.24) is 4.98 Å². The number of anilines is 1. The summed E-state index contributed by atoms with van der Waals surface area (Å²) < 4.78 is 16.1. The zero-order chi connectivity index (χ0) is 14.7. The number of hydrogen-bond acceptors (Lipinski definition) is 5. The van der Waals surface area contributed by atoms with E-state index < -0.39 is 12.4 Å². The molecule has 1 amide bonds. The minimum Gasteiger partial charge on any atom is -0.465 e. The molecule has 3 heterocycles. The van der Waals surface area contributed by atoms with Crippen LogP contribution in [0.3, 0.4) is 0 Å². The number of carboxylic acid groups (broad SMARTS) is 1. The van der Waals surface area contributed by atoms with Crippen molar-refractivity contribution in [3.05, 3.63) is 23.9 Å². The highest BCUT2D eigenvalue weighted by atomic mass is 16.7. The molecule has 7 nitrogen and oxygen atoms in total. The van der Waals surface area contributed by atoms with Crippen molar-refractivity contribution in [3.8, 4) is 0 Å². The van der Waals surface area contributed by atoms with E-state index in [1.165, 1.54) is 4.90 Å². The molecule has 0 aliphatic carbocycles. The van der Waals surface area contributed by atoms with Crippen LogP contribution in [-0.4, -0.2) is 49.2 Å². The van der Waals surface area contributed by atoms with Gasteiger partial charge in [0.25, 0.3) is 0 Å². The highest BCUT2D eigenvalue weighted by Crippen LogP contribution is 2.25. The number of aromatic nitrogens is 1. The molecule has 0 aromatic carbocycles. The number of carbonyl (C=O) groups is 1. The summed E-state index contributed by atoms with van der Waals surface area (Å²) in [6, 6.07) is 5.23. The largest absolute Gasteiger partial charge is 0.465 e. The molecule has 0 spiro atoms. The van der Waals surface area contributed by atoms with E-state index in [9.17, 15) is 9.90 Å². The van der Waals surface area contributed by atoms with E-state index in [2.05, 4.69) is 4.98 Å². The summed E-state index contributed by atoms with van der Waals surface area (Å²) in [7, 11) is 0. The lowest BCUT2D eigenvalue weighted by Gasteiger charge is -2.22. The highest BCUT2D eigenvalue weighted by Gasteiger charge is 2.26. The van der Waals surface area contributed by atoms with Gasteiger partial charge in [-0.15, -0.1) is 0 Å². The fourth-order valence-electron chi connectivity index (χ4n) is 2.51. The molecule has 21 heavy (non-hydrogen) atoms. The average Bonchev–Trinajstić information content (AvgIpc) is 3.18. The van der Waals surface area contributed by atoms with Gasteiger partial charge in [0, 0.05) is 19.1 Å². The molecule has 114 valence electrons. The number of ether oxygens (including phenoxy) is 3. The molecule has 1 aromatic rings. The van der Waals surface area contributed by atoms with E-state index in [4.69, 9.17) is 14.2 Å². The van der Waals surface area contributed by atoms with E-state index in [-0.39, 0.29) is 5.92 Å². The third-order valence-corrected chi connectivity index (χ3v) is 3.59. The molecule has 2 aliphatic rings. The fraction of sp³-hybridized carbons (Fsp3) is 0.571. The quantitative estimate of drug-likeness (QED) is 0.909. The predicted molar refractivity (Wildman–Crippen MR) is 73.2 cm³/mol. The van der Waals surface area contributed by atoms with Crippen LogP contribution in [0.2, 0.25) is 0 Å². The summed E-state index contributed by atoms with van der Waals surface area (Å²) in [4.78, 5) is 17.1. The zero-order valence-electron chi connectivity index (χ0n) is 11.6. The van der Waals surface area contributed by atoms with E-state index in [0.717, 1.165) is 6.42 Å². The number of rotatable bonds is 4. The molecule has 3 rings (SSSR count). The maximum absolute atomic E-state index is 11.5. The second kappa shape index (κ2) is 6.38. The molecule has 2 fully saturated rings. The molecule has 1 N–H and O–H groups in total. The van der Waals surface area contributed by atoms with Crippen LogP contribution in [0.1, 0.15) is 18.4 Å². The van der Waals surface area contributed by atoms with E-state index in [1.54, 1.807) is 18.2 Å². The monoisotopic (exact) mass is 294 g/mol. The molecular weight excluding hydrogens is 276 g/mol. The smallest absolute Gasteiger partial charge is 0.413 e. The standard InChI is InChI=1S/C14H18N2O5/c17-14(18)16(8-10-4-5-19-9-10)12-3-1-2-11(15-12)13-20-6-7-21-13/h1-3,10,13H,4-9H2,(H,17,18). The SMILES string of the molecule is O=C(O)N(CC1CCOC1)c1cccc(C2OCCO2)n1. The lowest BCUT2D eigenvalue weighted by atomic mass is 10.1. The van der Waals surface area contributed by atoms with Crippen LogP contribution in [0.5, 0.6) is 0 Å². The molecule has 1 unspecified atom stereocenters. The second-order valence-corrected chi connectivity index (χ2v) is 5.12. The van der Waals surface area contributed by atoms with E-state index in [0.29, 0.717) is 44.5 Å². The number of nitrogens with zero attached hydrogens (tertiary/aromatic N) is 2. The molecule has 2 aliphatic heterocycles. The van der Waals surface area contributed by atoms with Crippen LogP contribution in [0.4, 0.5) is 10.6 Å². The van der Waals surface area contributed by atoms with Gasteiger partial charge in [0.2, 0.25) is 6.29 Å². The Morgan fingerprint density at radius 1 is 1.33 bits per heavy atom. The number of hydrogen-bond donors (Lipinski definition) is 1. The summed E-state index contributed by atoms with van der Waals surface area (Å²) in [5, 5.41) is 9.43. The molecule has 0 saturated carbocycles. The van der Waals surface area contributed by atoms with Gasteiger partial charge in [0.1, 0.15) is 5.82 Å². The Hall–Kier alpha value is -1.70. The molecule has 7 heteroatoms. The van der Waals surface area contributed by atoms with E-state index >= 15 is 0 Å². The van der Waals surface area contributed by atoms with Crippen molar-refractivity contribution >= 4 is 11.9 Å². The van der Waals surface area contributed by atoms with Gasteiger partial charge in [-0.25, -0.2) is 9.78 Å². The van der Waals surface area contributed by atoms with Crippen LogP contribution >= 0.6 is 0 Å². The van der Waals surface area contributed by atoms with Crippen LogP contribution in [0, 0.1) is 5.92 Å². The van der Waals surface area contributed by atoms with Crippen LogP contribution in [-0.2, 0) is 14.2 Å². The third-order valence-electron chi connectivity index (χ3n) is 3.59. The Morgan fingerprint density at radius 3 is 2.81 bits per heavy atom. The Labute approximate surface area is 122 Å². The van der Waals surface area contributed by atoms with Crippen molar-refractivity contribution in [2.75, 3.05) is 37.9 Å². The van der Waals surface area contributed by atoms with Crippen LogP contribution in [0.25, 0.3) is 0 Å². The predicted octanol–water partition coefficient (Wildman–Crippen LogP) is 1.65. The summed E-state index contributed by atoms with van der Waals surface area (Å²) in [5.41, 5.74) is 0.596. The van der Waals surface area contributed by atoms with Gasteiger partial charge in [-0.2, -0.15) is 0 Å². The molecule has 2 saturated heterocycles. The van der Waals surface area contributed by atoms with Crippen molar-refractivity contribution in [1.29, 1.82) is 0 Å². The van der Waals surface area contributed by atoms with Gasteiger partial charge in [-0.1, -0.05) is 6.07 Å². The van der Waals surface area contributed by atoms with Crippen molar-refractivity contribution in [2.45, 2.75) is 12.7 Å². The molecule has 0 bridgehead atoms. The maximum atomic E-state index is 11.5. The minimum atomic E-state index is -1.01. The van der Waals surface area contributed by atoms with Gasteiger partial charge in [0.15, 0.2) is 0 Å². The first-order valence-electron chi connectivity index (χ1n) is 7.02. The first-order valence-corrected chi connectivity index (χ1v) is 7.02. The van der Waals surface area contributed by atoms with Crippen LogP contribution < -0.4 is 4.90 Å². The molecular formula is C14H18N2O5. The van der Waals surface area contributed by atoms with Crippen molar-refractivity contribution in [3.63, 3.8) is 0 Å². The second-order valence-electron chi connectivity index (χ2n) is 5.12. The fourth-order valence-corrected chi connectivity index (χ4v) is 2.51. The van der Waals surface area contributed by atoms with Crippen molar-refractivity contribution < 1.29 is 24.1 Å². The summed E-state index contributed by atoms with van der Waals surface area (Å²) >= 11 is 0. The number of pyridine rings is 1. The van der Waals surface area contributed by atoms with Gasteiger partial charge in [-0.3, -0.25) is 4.90 Å².